The predicted octanol–water partition coefficient (Wildman–Crippen LogP) is 7.97. The Morgan fingerprint density at radius 3 is 2.28 bits per heavy atom. The highest BCUT2D eigenvalue weighted by Crippen LogP contribution is 2.54. The molecule has 4 fully saturated rings. The Hall–Kier alpha value is -6.98. The first-order valence-electron chi connectivity index (χ1n) is 28.1. The molecule has 1 saturated carbocycles. The number of rotatable bonds is 19. The van der Waals surface area contributed by atoms with Crippen LogP contribution in [0.2, 0.25) is 10.0 Å². The third-order valence-electron chi connectivity index (χ3n) is 16.5. The van der Waals surface area contributed by atoms with Gasteiger partial charge in [-0.25, -0.2) is 22.8 Å². The van der Waals surface area contributed by atoms with Crippen LogP contribution in [0, 0.1) is 16.6 Å². The maximum atomic E-state index is 15.7. The zero-order chi connectivity index (χ0) is 59.0. The number of carboxylic acid groups (broad SMARTS) is 1. The van der Waals surface area contributed by atoms with Crippen LogP contribution in [0.25, 0.3) is 16.9 Å². The van der Waals surface area contributed by atoms with Crippen molar-refractivity contribution in [2.24, 2.45) is 10.8 Å². The fourth-order valence-corrected chi connectivity index (χ4v) is 14.1. The summed E-state index contributed by atoms with van der Waals surface area (Å²) in [4.78, 5) is 83.7. The number of hydrogen-bond acceptors (Lipinski definition) is 12. The number of hydrogen-bond donors (Lipinski definition) is 4. The summed E-state index contributed by atoms with van der Waals surface area (Å²) in [6.45, 7) is 9.52. The smallest absolute Gasteiger partial charge is 0.304 e. The summed E-state index contributed by atoms with van der Waals surface area (Å²) in [5.41, 5.74) is 2.70. The molecule has 3 aromatic carbocycles. The first kappa shape index (κ1) is 59.2. The molecule has 6 aromatic rings. The molecule has 0 unspecified atom stereocenters. The summed E-state index contributed by atoms with van der Waals surface area (Å²) in [6, 6.07) is 17.0. The standard InChI is InChI=1S/C59H69Cl2FN12O8S/c1-58(2,3)49(74-53(38-12-15-42(60)16-13-38)44(39-7-5-8-43(61)27-39)29-59(4,57(74)80)30-52(77)78)36-83(81,82)72-25-23-70(24-26-72)51(76)9-6-18-63-50(75)35-69-19-21-71(22-20-69)56(79)40-14-17-46(45(62)28-40)67-54-55-64-33-48(41-31-65-66-32-41)73(55)34-47(68-54)37-10-11-37/h5,7-8,12-17,27-28,31-34,37,44,49,53H,6,9-11,18-26,29-30,35-36H2,1-4H3,(H,63,75)(H,65,66)(H,67,68)(H,77,78)/t44-,49-,53-,59-/m1/s1. The summed E-state index contributed by atoms with van der Waals surface area (Å²) in [5.74, 6) is -3.14. The van der Waals surface area contributed by atoms with Crippen molar-refractivity contribution >= 4 is 80.0 Å². The highest BCUT2D eigenvalue weighted by molar-refractivity contribution is 7.89. The molecular formula is C59H69Cl2FN12O8S. The average molecular weight is 1200 g/mol. The third-order valence-corrected chi connectivity index (χ3v) is 18.9. The van der Waals surface area contributed by atoms with E-state index in [4.69, 9.17) is 28.2 Å². The molecule has 3 aromatic heterocycles. The second-order valence-electron chi connectivity index (χ2n) is 23.6. The van der Waals surface area contributed by atoms with E-state index in [9.17, 15) is 32.7 Å². The van der Waals surface area contributed by atoms with Crippen molar-refractivity contribution in [2.75, 3.05) is 76.5 Å². The van der Waals surface area contributed by atoms with Crippen LogP contribution in [0.1, 0.15) is 111 Å². The van der Waals surface area contributed by atoms with E-state index >= 15 is 9.18 Å². The summed E-state index contributed by atoms with van der Waals surface area (Å²) in [5, 5.41) is 24.0. The number of fused-ring (bicyclic) bond motifs is 1. The van der Waals surface area contributed by atoms with E-state index in [1.807, 2.05) is 54.5 Å². The molecule has 4 atom stereocenters. The van der Waals surface area contributed by atoms with Crippen LogP contribution in [0.4, 0.5) is 15.9 Å². The SMILES string of the molecule is CC(C)(C)[C@@H](CS(=O)(=O)N1CCN(C(=O)CCCNC(=O)CN2CCN(C(=O)c3ccc(Nc4nc(C5CC5)cn5c(-c6cn[nH]c6)cnc45)c(F)c3)CC2)CC1)N1C(=O)[C@@](C)(CC(=O)O)C[C@H](c2cccc(Cl)c2)[C@H]1c1ccc(Cl)cc1. The quantitative estimate of drug-likeness (QED) is 0.0564. The number of sulfonamides is 1. The van der Waals surface area contributed by atoms with Crippen LogP contribution in [0.15, 0.2) is 91.5 Å². The lowest BCUT2D eigenvalue weighted by Gasteiger charge is -2.54. The summed E-state index contributed by atoms with van der Waals surface area (Å²) >= 11 is 12.9. The number of benzene rings is 3. The first-order chi connectivity index (χ1) is 39.5. The van der Waals surface area contributed by atoms with Crippen LogP contribution in [0.5, 0.6) is 0 Å². The zero-order valence-corrected chi connectivity index (χ0v) is 49.2. The van der Waals surface area contributed by atoms with Gasteiger partial charge in [0.2, 0.25) is 27.7 Å². The van der Waals surface area contributed by atoms with Crippen molar-refractivity contribution in [1.82, 2.24) is 53.8 Å². The van der Waals surface area contributed by atoms with Crippen molar-refractivity contribution < 1.29 is 41.9 Å². The lowest BCUT2D eigenvalue weighted by molar-refractivity contribution is -0.162. The molecule has 4 N–H and O–H groups in total. The number of carbonyl (C=O) groups is 5. The van der Waals surface area contributed by atoms with Crippen LogP contribution in [0.3, 0.4) is 0 Å². The van der Waals surface area contributed by atoms with E-state index in [-0.39, 0.29) is 81.1 Å². The largest absolute Gasteiger partial charge is 0.481 e. The average Bonchev–Trinajstić information content (AvgIpc) is 2.51. The van der Waals surface area contributed by atoms with Gasteiger partial charge in [0.1, 0.15) is 5.82 Å². The molecule has 440 valence electrons. The predicted molar refractivity (Wildman–Crippen MR) is 312 cm³/mol. The minimum atomic E-state index is -4.08. The number of imidazole rings is 1. The van der Waals surface area contributed by atoms with Gasteiger partial charge in [0.15, 0.2) is 11.5 Å². The third kappa shape index (κ3) is 13.4. The van der Waals surface area contributed by atoms with E-state index in [0.29, 0.717) is 65.6 Å². The number of aromatic nitrogens is 5. The first-order valence-corrected chi connectivity index (χ1v) is 30.4. The molecule has 0 radical (unpaired) electrons. The van der Waals surface area contributed by atoms with E-state index in [0.717, 1.165) is 35.4 Å². The molecule has 1 aliphatic carbocycles. The lowest BCUT2D eigenvalue weighted by Crippen LogP contribution is -2.61. The molecule has 24 heteroatoms. The number of aliphatic carboxylic acids is 1. The molecular weight excluding hydrogens is 1130 g/mol. The Morgan fingerprint density at radius 1 is 0.904 bits per heavy atom. The van der Waals surface area contributed by atoms with Crippen molar-refractivity contribution in [3.8, 4) is 11.3 Å². The summed E-state index contributed by atoms with van der Waals surface area (Å²) < 4.78 is 48.3. The van der Waals surface area contributed by atoms with Gasteiger partial charge in [0.25, 0.3) is 5.91 Å². The molecule has 6 heterocycles. The van der Waals surface area contributed by atoms with Gasteiger partial charge in [-0.15, -0.1) is 0 Å². The highest BCUT2D eigenvalue weighted by atomic mass is 35.5. The number of nitrogens with zero attached hydrogens (tertiary/aromatic N) is 9. The lowest BCUT2D eigenvalue weighted by atomic mass is 9.66. The van der Waals surface area contributed by atoms with Crippen molar-refractivity contribution in [3.63, 3.8) is 0 Å². The number of likely N-dealkylation sites (tertiary alicyclic amines) is 1. The molecule has 3 saturated heterocycles. The Balaban J connectivity index is 0.690. The number of piperazine rings is 2. The molecule has 10 rings (SSSR count). The number of H-pyrrole nitrogens is 1. The highest BCUT2D eigenvalue weighted by Gasteiger charge is 2.55. The number of aromatic amines is 1. The Morgan fingerprint density at radius 2 is 1.63 bits per heavy atom. The maximum Gasteiger partial charge on any atom is 0.304 e. The van der Waals surface area contributed by atoms with Gasteiger partial charge in [-0.2, -0.15) is 9.40 Å². The fraction of sp³-hybridized carbons (Fsp3) is 0.458. The van der Waals surface area contributed by atoms with Gasteiger partial charge in [-0.1, -0.05) is 75.2 Å². The second kappa shape index (κ2) is 24.3. The van der Waals surface area contributed by atoms with Gasteiger partial charge < -0.3 is 30.4 Å². The van der Waals surface area contributed by atoms with Crippen molar-refractivity contribution in [2.45, 2.75) is 90.1 Å². The molecule has 20 nitrogen and oxygen atoms in total. The molecule has 3 aliphatic heterocycles. The van der Waals surface area contributed by atoms with Crippen molar-refractivity contribution in [1.29, 1.82) is 0 Å². The number of carbonyl (C=O) groups excluding carboxylic acids is 4. The Kier molecular flexibility index (Phi) is 17.3. The van der Waals surface area contributed by atoms with Crippen molar-refractivity contribution in [3.05, 3.63) is 130 Å². The number of piperidine rings is 1. The summed E-state index contributed by atoms with van der Waals surface area (Å²) in [6.07, 6.45) is 9.41. The van der Waals surface area contributed by atoms with E-state index in [1.54, 1.807) is 76.6 Å². The topological polar surface area (TPSA) is 239 Å². The van der Waals surface area contributed by atoms with Gasteiger partial charge in [-0.05, 0) is 84.7 Å². The van der Waals surface area contributed by atoms with Crippen LogP contribution >= 0.6 is 23.2 Å². The van der Waals surface area contributed by atoms with Gasteiger partial charge >= 0.3 is 5.97 Å². The monoisotopic (exact) mass is 1190 g/mol. The molecule has 0 bridgehead atoms. The number of nitrogens with one attached hydrogen (secondary N) is 3. The maximum absolute atomic E-state index is 15.7. The van der Waals surface area contributed by atoms with Crippen LogP contribution < -0.4 is 10.6 Å². The van der Waals surface area contributed by atoms with E-state index in [2.05, 4.69) is 25.8 Å². The van der Waals surface area contributed by atoms with Gasteiger partial charge in [0.05, 0.1) is 65.7 Å². The zero-order valence-electron chi connectivity index (χ0n) is 46.9. The second-order valence-corrected chi connectivity index (χ2v) is 26.5. The number of halogens is 3. The van der Waals surface area contributed by atoms with Gasteiger partial charge in [-0.3, -0.25) is 38.4 Å². The minimum absolute atomic E-state index is 0.0384. The van der Waals surface area contributed by atoms with Crippen LogP contribution in [-0.2, 0) is 29.2 Å². The Bertz CT molecular complexity index is 3510. The van der Waals surface area contributed by atoms with E-state index < -0.39 is 68.7 Å². The molecule has 83 heavy (non-hydrogen) atoms. The van der Waals surface area contributed by atoms with E-state index in [1.165, 1.54) is 16.4 Å². The number of anilines is 2. The van der Waals surface area contributed by atoms with Crippen LogP contribution in [-0.4, -0.2) is 169 Å². The Labute approximate surface area is 491 Å². The number of amides is 4. The fourth-order valence-electron chi connectivity index (χ4n) is 11.8. The summed E-state index contributed by atoms with van der Waals surface area (Å²) in [7, 11) is -4.08. The molecule has 0 spiro atoms. The normalized spacial score (nSPS) is 20.6. The molecule has 4 amide bonds. The molecule has 4 aliphatic rings. The number of carboxylic acids is 1. The van der Waals surface area contributed by atoms with Gasteiger partial charge in [0, 0.05) is 111 Å². The minimum Gasteiger partial charge on any atom is -0.481 e.